The van der Waals surface area contributed by atoms with Gasteiger partial charge >= 0.3 is 0 Å². The van der Waals surface area contributed by atoms with Crippen LogP contribution in [-0.4, -0.2) is 72.2 Å². The maximum Gasteiger partial charge on any atom is 0.255 e. The molecule has 6 heteroatoms. The molecule has 0 radical (unpaired) electrons. The smallest absolute Gasteiger partial charge is 0.255 e. The number of amides is 1. The predicted molar refractivity (Wildman–Crippen MR) is 91.2 cm³/mol. The van der Waals surface area contributed by atoms with Crippen molar-refractivity contribution in [2.75, 3.05) is 39.4 Å². The molecule has 2 aliphatic rings. The molecule has 0 saturated carbocycles. The summed E-state index contributed by atoms with van der Waals surface area (Å²) in [5.74, 6) is 1.09. The summed E-state index contributed by atoms with van der Waals surface area (Å²) in [4.78, 5) is 21.4. The third-order valence-corrected chi connectivity index (χ3v) is 4.71. The van der Waals surface area contributed by atoms with E-state index in [9.17, 15) is 4.79 Å². The summed E-state index contributed by atoms with van der Waals surface area (Å²) in [7, 11) is 0. The highest BCUT2D eigenvalue weighted by atomic mass is 16.5. The Morgan fingerprint density at radius 3 is 2.67 bits per heavy atom. The largest absolute Gasteiger partial charge is 0.475 e. The predicted octanol–water partition coefficient (Wildman–Crippen LogP) is 1.66. The van der Waals surface area contributed by atoms with Crippen molar-refractivity contribution in [2.45, 2.75) is 32.9 Å². The van der Waals surface area contributed by atoms with Gasteiger partial charge in [0.05, 0.1) is 24.9 Å². The van der Waals surface area contributed by atoms with Gasteiger partial charge in [0.25, 0.3) is 5.91 Å². The SMILES string of the molecule is CC(C)Oc1ccc(C(=O)N2C[C@@H](N3CCOCC3)[C@@H](C)C2)cn1. The average Bonchev–Trinajstić information content (AvgIpc) is 2.97. The maximum atomic E-state index is 12.8. The molecule has 132 valence electrons. The standard InChI is InChI=1S/C18H27N3O3/c1-13(2)24-17-5-4-15(10-19-17)18(22)21-11-14(3)16(12-21)20-6-8-23-9-7-20/h4-5,10,13-14,16H,6-9,11-12H2,1-3H3/t14-,16+/m0/s1. The molecular weight excluding hydrogens is 306 g/mol. The number of hydrogen-bond acceptors (Lipinski definition) is 5. The Morgan fingerprint density at radius 1 is 1.29 bits per heavy atom. The molecule has 2 atom stereocenters. The Kier molecular flexibility index (Phi) is 5.36. The number of aromatic nitrogens is 1. The number of pyridine rings is 1. The van der Waals surface area contributed by atoms with E-state index >= 15 is 0 Å². The van der Waals surface area contributed by atoms with Crippen LogP contribution in [0.15, 0.2) is 18.3 Å². The number of rotatable bonds is 4. The van der Waals surface area contributed by atoms with E-state index in [1.807, 2.05) is 18.7 Å². The van der Waals surface area contributed by atoms with E-state index in [2.05, 4.69) is 16.8 Å². The third-order valence-electron chi connectivity index (χ3n) is 4.71. The summed E-state index contributed by atoms with van der Waals surface area (Å²) in [6, 6.07) is 4.00. The molecular formula is C18H27N3O3. The minimum atomic E-state index is 0.0567. The van der Waals surface area contributed by atoms with Crippen LogP contribution in [0.25, 0.3) is 0 Å². The van der Waals surface area contributed by atoms with Gasteiger partial charge in [0.2, 0.25) is 5.88 Å². The Bertz CT molecular complexity index is 555. The number of ether oxygens (including phenoxy) is 2. The number of morpholine rings is 1. The van der Waals surface area contributed by atoms with Gasteiger partial charge in [-0.1, -0.05) is 6.92 Å². The normalized spacial score (nSPS) is 25.2. The maximum absolute atomic E-state index is 12.8. The lowest BCUT2D eigenvalue weighted by Crippen LogP contribution is -2.47. The number of carbonyl (C=O) groups excluding carboxylic acids is 1. The van der Waals surface area contributed by atoms with E-state index in [0.29, 0.717) is 23.4 Å². The van der Waals surface area contributed by atoms with Crippen LogP contribution < -0.4 is 4.74 Å². The van der Waals surface area contributed by atoms with Gasteiger partial charge < -0.3 is 14.4 Å². The number of nitrogens with zero attached hydrogens (tertiary/aromatic N) is 3. The van der Waals surface area contributed by atoms with Crippen molar-refractivity contribution in [1.82, 2.24) is 14.8 Å². The van der Waals surface area contributed by atoms with Crippen molar-refractivity contribution in [1.29, 1.82) is 0 Å². The van der Waals surface area contributed by atoms with Crippen LogP contribution in [0.1, 0.15) is 31.1 Å². The fourth-order valence-corrected chi connectivity index (χ4v) is 3.50. The second kappa shape index (κ2) is 7.49. The molecule has 1 amide bonds. The summed E-state index contributed by atoms with van der Waals surface area (Å²) in [6.45, 7) is 11.2. The number of carbonyl (C=O) groups is 1. The highest BCUT2D eigenvalue weighted by Crippen LogP contribution is 2.24. The number of hydrogen-bond donors (Lipinski definition) is 0. The van der Waals surface area contributed by atoms with Crippen LogP contribution in [0, 0.1) is 5.92 Å². The van der Waals surface area contributed by atoms with Crippen LogP contribution in [-0.2, 0) is 4.74 Å². The second-order valence-corrected chi connectivity index (χ2v) is 6.95. The summed E-state index contributed by atoms with van der Waals surface area (Å²) < 4.78 is 11.0. The fourth-order valence-electron chi connectivity index (χ4n) is 3.50. The van der Waals surface area contributed by atoms with Gasteiger partial charge in [0.1, 0.15) is 0 Å². The molecule has 3 rings (SSSR count). The van der Waals surface area contributed by atoms with Gasteiger partial charge in [-0.3, -0.25) is 9.69 Å². The average molecular weight is 333 g/mol. The van der Waals surface area contributed by atoms with Gasteiger partial charge in [0.15, 0.2) is 0 Å². The topological polar surface area (TPSA) is 54.9 Å². The van der Waals surface area contributed by atoms with Crippen molar-refractivity contribution in [3.8, 4) is 5.88 Å². The zero-order chi connectivity index (χ0) is 17.1. The molecule has 0 unspecified atom stereocenters. The Morgan fingerprint density at radius 2 is 2.04 bits per heavy atom. The van der Waals surface area contributed by atoms with Gasteiger partial charge in [-0.2, -0.15) is 0 Å². The molecule has 0 bridgehead atoms. The third kappa shape index (κ3) is 3.87. The zero-order valence-corrected chi connectivity index (χ0v) is 14.8. The molecule has 2 fully saturated rings. The molecule has 3 heterocycles. The van der Waals surface area contributed by atoms with Crippen LogP contribution in [0.5, 0.6) is 5.88 Å². The van der Waals surface area contributed by atoms with Gasteiger partial charge in [-0.05, 0) is 25.8 Å². The summed E-state index contributed by atoms with van der Waals surface area (Å²) in [5.41, 5.74) is 0.626. The molecule has 0 spiro atoms. The molecule has 0 aliphatic carbocycles. The molecule has 0 N–H and O–H groups in total. The summed E-state index contributed by atoms with van der Waals surface area (Å²) in [6.07, 6.45) is 1.69. The van der Waals surface area contributed by atoms with Gasteiger partial charge in [-0.25, -0.2) is 4.98 Å². The van der Waals surface area contributed by atoms with Crippen molar-refractivity contribution < 1.29 is 14.3 Å². The first-order chi connectivity index (χ1) is 11.5. The van der Waals surface area contributed by atoms with Crippen LogP contribution in [0.4, 0.5) is 0 Å². The lowest BCUT2D eigenvalue weighted by molar-refractivity contribution is 0.0119. The van der Waals surface area contributed by atoms with Crippen LogP contribution in [0.3, 0.4) is 0 Å². The minimum absolute atomic E-state index is 0.0567. The Labute approximate surface area is 143 Å². The highest BCUT2D eigenvalue weighted by molar-refractivity contribution is 5.94. The highest BCUT2D eigenvalue weighted by Gasteiger charge is 2.36. The van der Waals surface area contributed by atoms with E-state index in [1.54, 1.807) is 18.3 Å². The lowest BCUT2D eigenvalue weighted by Gasteiger charge is -2.33. The van der Waals surface area contributed by atoms with Gasteiger partial charge in [0, 0.05) is 44.5 Å². The zero-order valence-electron chi connectivity index (χ0n) is 14.8. The van der Waals surface area contributed by atoms with Crippen LogP contribution in [0.2, 0.25) is 0 Å². The van der Waals surface area contributed by atoms with E-state index in [-0.39, 0.29) is 12.0 Å². The quantitative estimate of drug-likeness (QED) is 0.839. The van der Waals surface area contributed by atoms with E-state index in [4.69, 9.17) is 9.47 Å². The molecule has 2 aliphatic heterocycles. The molecule has 6 nitrogen and oxygen atoms in total. The van der Waals surface area contributed by atoms with Crippen LogP contribution >= 0.6 is 0 Å². The Balaban J connectivity index is 1.62. The first-order valence-corrected chi connectivity index (χ1v) is 8.78. The molecule has 24 heavy (non-hydrogen) atoms. The van der Waals surface area contributed by atoms with E-state index < -0.39 is 0 Å². The van der Waals surface area contributed by atoms with Crippen molar-refractivity contribution in [2.24, 2.45) is 5.92 Å². The van der Waals surface area contributed by atoms with Gasteiger partial charge in [-0.15, -0.1) is 0 Å². The molecule has 0 aromatic carbocycles. The lowest BCUT2D eigenvalue weighted by atomic mass is 10.0. The number of likely N-dealkylation sites (tertiary alicyclic amines) is 1. The first kappa shape index (κ1) is 17.2. The first-order valence-electron chi connectivity index (χ1n) is 8.78. The van der Waals surface area contributed by atoms with Crippen molar-refractivity contribution in [3.05, 3.63) is 23.9 Å². The van der Waals surface area contributed by atoms with Crippen molar-refractivity contribution in [3.63, 3.8) is 0 Å². The summed E-state index contributed by atoms with van der Waals surface area (Å²) in [5, 5.41) is 0. The van der Waals surface area contributed by atoms with Crippen molar-refractivity contribution >= 4 is 5.91 Å². The fraction of sp³-hybridized carbons (Fsp3) is 0.667. The minimum Gasteiger partial charge on any atom is -0.475 e. The molecule has 2 saturated heterocycles. The Hall–Kier alpha value is -1.66. The molecule has 1 aromatic heterocycles. The molecule has 1 aromatic rings. The summed E-state index contributed by atoms with van der Waals surface area (Å²) >= 11 is 0. The van der Waals surface area contributed by atoms with E-state index in [0.717, 1.165) is 39.4 Å². The monoisotopic (exact) mass is 333 g/mol. The second-order valence-electron chi connectivity index (χ2n) is 6.95. The van der Waals surface area contributed by atoms with E-state index in [1.165, 1.54) is 0 Å².